The van der Waals surface area contributed by atoms with Crippen LogP contribution in [-0.2, 0) is 4.79 Å². The quantitative estimate of drug-likeness (QED) is 0.697. The average molecular weight is 300 g/mol. The van der Waals surface area contributed by atoms with Gasteiger partial charge < -0.3 is 5.32 Å². The lowest BCUT2D eigenvalue weighted by molar-refractivity contribution is -0.127. The second-order valence-corrected chi connectivity index (χ2v) is 6.62. The first-order valence-corrected chi connectivity index (χ1v) is 7.37. The molecule has 1 rings (SSSR count). The molecule has 0 saturated heterocycles. The largest absolute Gasteiger partial charge is 0.342 e. The predicted molar refractivity (Wildman–Crippen MR) is 84.1 cm³/mol. The Balaban J connectivity index is 3.31. The van der Waals surface area contributed by atoms with E-state index in [-0.39, 0.29) is 11.7 Å². The van der Waals surface area contributed by atoms with E-state index in [4.69, 9.17) is 0 Å². The lowest BCUT2D eigenvalue weighted by atomic mass is 9.69. The number of thiol groups is 1. The minimum absolute atomic E-state index is 0.293. The van der Waals surface area contributed by atoms with Gasteiger partial charge in [0, 0.05) is 0 Å². The number of allylic oxidation sites excluding steroid dienone is 2. The molecule has 0 aromatic heterocycles. The highest BCUT2D eigenvalue weighted by molar-refractivity contribution is 7.78. The van der Waals surface area contributed by atoms with E-state index >= 15 is 0 Å². The fourth-order valence-electron chi connectivity index (χ4n) is 2.44. The maximum atomic E-state index is 14.6. The Hall–Kier alpha value is -0.810. The van der Waals surface area contributed by atoms with Crippen LogP contribution in [-0.4, -0.2) is 17.0 Å². The van der Waals surface area contributed by atoms with Crippen LogP contribution in [0.3, 0.4) is 0 Å². The van der Waals surface area contributed by atoms with Gasteiger partial charge in [-0.1, -0.05) is 52.2 Å². The third-order valence-corrected chi connectivity index (χ3v) is 4.91. The zero-order chi connectivity index (χ0) is 15.6. The van der Waals surface area contributed by atoms with Gasteiger partial charge in [0.25, 0.3) is 0 Å². The van der Waals surface area contributed by atoms with E-state index < -0.39 is 16.5 Å². The Morgan fingerprint density at radius 2 is 2.05 bits per heavy atom. The van der Waals surface area contributed by atoms with Crippen LogP contribution < -0.4 is 10.0 Å². The zero-order valence-corrected chi connectivity index (χ0v) is 13.8. The molecule has 0 radical (unpaired) electrons. The van der Waals surface area contributed by atoms with Crippen molar-refractivity contribution < 1.29 is 9.18 Å². The number of carbonyl (C=O) groups is 1. The minimum atomic E-state index is -1.04. The zero-order valence-electron chi connectivity index (χ0n) is 12.9. The first-order chi connectivity index (χ1) is 9.13. The van der Waals surface area contributed by atoms with Gasteiger partial charge in [0.1, 0.15) is 11.4 Å². The van der Waals surface area contributed by atoms with E-state index in [1.54, 1.807) is 26.0 Å². The molecule has 2 unspecified atom stereocenters. The summed E-state index contributed by atoms with van der Waals surface area (Å²) in [5.74, 6) is -0.625. The SMILES string of the molecule is CCCC(C)(C)C1(C)NC(=O)C(C)(NS)/C=C\C=C/1F. The van der Waals surface area contributed by atoms with E-state index in [1.807, 2.05) is 13.8 Å². The first-order valence-electron chi connectivity index (χ1n) is 6.92. The number of nitrogens with one attached hydrogen (secondary N) is 2. The van der Waals surface area contributed by atoms with Crippen molar-refractivity contribution in [2.75, 3.05) is 0 Å². The summed E-state index contributed by atoms with van der Waals surface area (Å²) >= 11 is 4.01. The summed E-state index contributed by atoms with van der Waals surface area (Å²) in [7, 11) is 0. The van der Waals surface area contributed by atoms with Crippen LogP contribution in [0.4, 0.5) is 4.39 Å². The lowest BCUT2D eigenvalue weighted by Crippen LogP contribution is -2.63. The molecule has 3 nitrogen and oxygen atoms in total. The minimum Gasteiger partial charge on any atom is -0.342 e. The molecule has 2 N–H and O–H groups in total. The molecule has 0 saturated carbocycles. The number of hydrogen-bond acceptors (Lipinski definition) is 3. The monoisotopic (exact) mass is 300 g/mol. The van der Waals surface area contributed by atoms with E-state index in [0.29, 0.717) is 0 Å². The summed E-state index contributed by atoms with van der Waals surface area (Å²) in [6, 6.07) is 0. The van der Waals surface area contributed by atoms with Crippen LogP contribution in [0.25, 0.3) is 0 Å². The highest BCUT2D eigenvalue weighted by atomic mass is 32.1. The summed E-state index contributed by atoms with van der Waals surface area (Å²) in [6.07, 6.45) is 6.31. The van der Waals surface area contributed by atoms with Crippen LogP contribution in [0, 0.1) is 5.41 Å². The van der Waals surface area contributed by atoms with Crippen molar-refractivity contribution in [3.05, 3.63) is 24.1 Å². The van der Waals surface area contributed by atoms with Crippen molar-refractivity contribution in [1.82, 2.24) is 10.0 Å². The molecule has 5 heteroatoms. The summed E-state index contributed by atoms with van der Waals surface area (Å²) < 4.78 is 17.3. The first kappa shape index (κ1) is 17.2. The van der Waals surface area contributed by atoms with E-state index in [0.717, 1.165) is 12.8 Å². The van der Waals surface area contributed by atoms with Gasteiger partial charge in [0.2, 0.25) is 5.91 Å². The molecule has 0 aliphatic carbocycles. The van der Waals surface area contributed by atoms with Crippen molar-refractivity contribution in [1.29, 1.82) is 0 Å². The Labute approximate surface area is 126 Å². The van der Waals surface area contributed by atoms with Gasteiger partial charge in [0.15, 0.2) is 0 Å². The molecule has 1 amide bonds. The molecule has 0 aromatic carbocycles. The average Bonchev–Trinajstić information content (AvgIpc) is 2.36. The molecule has 1 aliphatic rings. The van der Waals surface area contributed by atoms with Gasteiger partial charge in [-0.3, -0.25) is 4.79 Å². The number of carbonyl (C=O) groups excluding carboxylic acids is 1. The van der Waals surface area contributed by atoms with Gasteiger partial charge in [-0.15, -0.1) is 0 Å². The predicted octanol–water partition coefficient (Wildman–Crippen LogP) is 3.30. The molecule has 1 heterocycles. The standard InChI is InChI=1S/C15H25FN2OS/c1-6-9-13(2,3)15(5)11(16)8-7-10-14(4,18-20)12(19)17-15/h7-8,10,18,20H,6,9H2,1-5H3,(H,17,19)/b10-7-,11-8+. The highest BCUT2D eigenvalue weighted by Crippen LogP contribution is 2.41. The Morgan fingerprint density at radius 3 is 2.55 bits per heavy atom. The van der Waals surface area contributed by atoms with Crippen LogP contribution in [0.2, 0.25) is 0 Å². The molecule has 0 spiro atoms. The number of halogens is 1. The Bertz CT molecular complexity index is 447. The smallest absolute Gasteiger partial charge is 0.245 e. The molecule has 0 aromatic rings. The molecule has 0 fully saturated rings. The number of hydrogen-bond donors (Lipinski definition) is 3. The van der Waals surface area contributed by atoms with Crippen molar-refractivity contribution >= 4 is 18.7 Å². The third kappa shape index (κ3) is 2.93. The molecule has 1 aliphatic heterocycles. The maximum absolute atomic E-state index is 14.6. The molecular formula is C15H25FN2OS. The number of amides is 1. The number of rotatable bonds is 4. The van der Waals surface area contributed by atoms with Gasteiger partial charge in [-0.2, -0.15) is 0 Å². The van der Waals surface area contributed by atoms with Crippen LogP contribution in [0.15, 0.2) is 24.1 Å². The third-order valence-electron chi connectivity index (χ3n) is 4.45. The van der Waals surface area contributed by atoms with Crippen LogP contribution >= 0.6 is 12.8 Å². The van der Waals surface area contributed by atoms with Gasteiger partial charge in [0.05, 0.1) is 5.54 Å². The fraction of sp³-hybridized carbons (Fsp3) is 0.667. The van der Waals surface area contributed by atoms with Gasteiger partial charge >= 0.3 is 0 Å². The second kappa shape index (κ2) is 5.90. The van der Waals surface area contributed by atoms with E-state index in [9.17, 15) is 9.18 Å². The van der Waals surface area contributed by atoms with Gasteiger partial charge in [-0.25, -0.2) is 9.11 Å². The normalized spacial score (nSPS) is 35.5. The van der Waals surface area contributed by atoms with E-state index in [2.05, 4.69) is 29.8 Å². The van der Waals surface area contributed by atoms with Gasteiger partial charge in [-0.05, 0) is 31.8 Å². The molecule has 114 valence electrons. The molecule has 0 bridgehead atoms. The van der Waals surface area contributed by atoms with Crippen LogP contribution in [0.1, 0.15) is 47.5 Å². The van der Waals surface area contributed by atoms with E-state index in [1.165, 1.54) is 6.08 Å². The maximum Gasteiger partial charge on any atom is 0.245 e. The summed E-state index contributed by atoms with van der Waals surface area (Å²) in [5.41, 5.74) is -2.42. The fourth-order valence-corrected chi connectivity index (χ4v) is 2.62. The summed E-state index contributed by atoms with van der Waals surface area (Å²) in [6.45, 7) is 9.44. The van der Waals surface area contributed by atoms with Crippen molar-refractivity contribution in [2.45, 2.75) is 58.5 Å². The molecule has 20 heavy (non-hydrogen) atoms. The topological polar surface area (TPSA) is 41.1 Å². The summed E-state index contributed by atoms with van der Waals surface area (Å²) in [5, 5.41) is 2.87. The van der Waals surface area contributed by atoms with Crippen molar-refractivity contribution in [3.63, 3.8) is 0 Å². The Morgan fingerprint density at radius 1 is 1.45 bits per heavy atom. The lowest BCUT2D eigenvalue weighted by Gasteiger charge is -2.46. The van der Waals surface area contributed by atoms with Crippen LogP contribution in [0.5, 0.6) is 0 Å². The van der Waals surface area contributed by atoms with Crippen molar-refractivity contribution in [3.8, 4) is 0 Å². The molecular weight excluding hydrogens is 275 g/mol. The Kier molecular flexibility index (Phi) is 5.08. The van der Waals surface area contributed by atoms with Crippen molar-refractivity contribution in [2.24, 2.45) is 5.41 Å². The highest BCUT2D eigenvalue weighted by Gasteiger charge is 2.48. The summed E-state index contributed by atoms with van der Waals surface area (Å²) in [4.78, 5) is 12.5. The molecule has 2 atom stereocenters. The second-order valence-electron chi connectivity index (χ2n) is 6.40.